The normalized spacial score (nSPS) is 10.1. The van der Waals surface area contributed by atoms with Crippen LogP contribution in [-0.2, 0) is 6.54 Å². The summed E-state index contributed by atoms with van der Waals surface area (Å²) in [6.07, 6.45) is 3.31. The fourth-order valence-corrected chi connectivity index (χ4v) is 1.71. The second kappa shape index (κ2) is 5.60. The van der Waals surface area contributed by atoms with Gasteiger partial charge in [-0.25, -0.2) is 4.39 Å². The summed E-state index contributed by atoms with van der Waals surface area (Å²) >= 11 is 5.79. The van der Waals surface area contributed by atoms with Gasteiger partial charge in [-0.2, -0.15) is 0 Å². The van der Waals surface area contributed by atoms with E-state index in [0.717, 1.165) is 11.6 Å². The van der Waals surface area contributed by atoms with E-state index >= 15 is 0 Å². The number of rotatable bonds is 3. The van der Waals surface area contributed by atoms with Crippen molar-refractivity contribution >= 4 is 17.5 Å². The number of carbonyl (C=O) groups excluding carboxylic acids is 1. The number of benzene rings is 1. The highest BCUT2D eigenvalue weighted by Gasteiger charge is 2.10. The maximum atomic E-state index is 12.8. The molecule has 1 N–H and O–H groups in total. The standard InChI is InChI=1S/C13H10ClFN2O/c14-12-6-10(15)3-4-11(12)13(18)17-8-9-2-1-5-16-7-9/h1-7H,8H2,(H,17,18). The molecule has 0 aliphatic carbocycles. The molecule has 18 heavy (non-hydrogen) atoms. The molecule has 1 amide bonds. The maximum absolute atomic E-state index is 12.8. The summed E-state index contributed by atoms with van der Waals surface area (Å²) in [5, 5.41) is 2.79. The van der Waals surface area contributed by atoms with Crippen molar-refractivity contribution in [3.63, 3.8) is 0 Å². The lowest BCUT2D eigenvalue weighted by molar-refractivity contribution is 0.0951. The largest absolute Gasteiger partial charge is 0.348 e. The van der Waals surface area contributed by atoms with Gasteiger partial charge in [0.2, 0.25) is 0 Å². The first-order valence-corrected chi connectivity index (χ1v) is 5.67. The molecule has 1 heterocycles. The van der Waals surface area contributed by atoms with Crippen LogP contribution in [0, 0.1) is 5.82 Å². The second-order valence-corrected chi connectivity index (χ2v) is 4.08. The average Bonchev–Trinajstić information content (AvgIpc) is 2.37. The minimum absolute atomic E-state index is 0.0960. The van der Waals surface area contributed by atoms with Gasteiger partial charge in [0, 0.05) is 18.9 Å². The van der Waals surface area contributed by atoms with Gasteiger partial charge in [0.1, 0.15) is 5.82 Å². The first-order valence-electron chi connectivity index (χ1n) is 5.29. The summed E-state index contributed by atoms with van der Waals surface area (Å²) in [5.41, 5.74) is 1.13. The van der Waals surface area contributed by atoms with Crippen LogP contribution >= 0.6 is 11.6 Å². The number of halogens is 2. The summed E-state index contributed by atoms with van der Waals surface area (Å²) in [7, 11) is 0. The third-order valence-electron chi connectivity index (χ3n) is 2.35. The molecule has 92 valence electrons. The van der Waals surface area contributed by atoms with Gasteiger partial charge in [-0.3, -0.25) is 9.78 Å². The average molecular weight is 265 g/mol. The van der Waals surface area contributed by atoms with Crippen LogP contribution in [0.4, 0.5) is 4.39 Å². The molecule has 0 radical (unpaired) electrons. The molecule has 3 nitrogen and oxygen atoms in total. The van der Waals surface area contributed by atoms with Gasteiger partial charge in [0.05, 0.1) is 10.6 Å². The van der Waals surface area contributed by atoms with E-state index in [9.17, 15) is 9.18 Å². The molecule has 0 atom stereocenters. The highest BCUT2D eigenvalue weighted by molar-refractivity contribution is 6.33. The van der Waals surface area contributed by atoms with Crippen molar-refractivity contribution in [3.8, 4) is 0 Å². The minimum atomic E-state index is -0.469. The van der Waals surface area contributed by atoms with Gasteiger partial charge in [-0.15, -0.1) is 0 Å². The van der Waals surface area contributed by atoms with Crippen molar-refractivity contribution < 1.29 is 9.18 Å². The van der Waals surface area contributed by atoms with Crippen LogP contribution in [0.3, 0.4) is 0 Å². The highest BCUT2D eigenvalue weighted by atomic mass is 35.5. The maximum Gasteiger partial charge on any atom is 0.253 e. The fraction of sp³-hybridized carbons (Fsp3) is 0.0769. The van der Waals surface area contributed by atoms with Crippen molar-refractivity contribution in [3.05, 3.63) is 64.7 Å². The van der Waals surface area contributed by atoms with E-state index in [1.165, 1.54) is 12.1 Å². The van der Waals surface area contributed by atoms with E-state index in [4.69, 9.17) is 11.6 Å². The third kappa shape index (κ3) is 3.05. The number of carbonyl (C=O) groups is 1. The summed E-state index contributed by atoms with van der Waals surface area (Å²) in [6.45, 7) is 0.348. The summed E-state index contributed by atoms with van der Waals surface area (Å²) < 4.78 is 12.8. The smallest absolute Gasteiger partial charge is 0.253 e. The number of hydrogen-bond donors (Lipinski definition) is 1. The number of nitrogens with one attached hydrogen (secondary N) is 1. The molecule has 2 aromatic rings. The van der Waals surface area contributed by atoms with Crippen LogP contribution < -0.4 is 5.32 Å². The zero-order chi connectivity index (χ0) is 13.0. The zero-order valence-corrected chi connectivity index (χ0v) is 10.1. The third-order valence-corrected chi connectivity index (χ3v) is 2.66. The van der Waals surface area contributed by atoms with E-state index in [1.54, 1.807) is 18.5 Å². The molecule has 0 fully saturated rings. The van der Waals surface area contributed by atoms with Crippen molar-refractivity contribution in [1.82, 2.24) is 10.3 Å². The predicted molar refractivity (Wildman–Crippen MR) is 66.8 cm³/mol. The first-order chi connectivity index (χ1) is 8.66. The van der Waals surface area contributed by atoms with E-state index in [1.807, 2.05) is 6.07 Å². The molecule has 5 heteroatoms. The Labute approximate surface area is 109 Å². The zero-order valence-electron chi connectivity index (χ0n) is 9.36. The van der Waals surface area contributed by atoms with Crippen molar-refractivity contribution in [2.45, 2.75) is 6.54 Å². The monoisotopic (exact) mass is 264 g/mol. The van der Waals surface area contributed by atoms with Crippen LogP contribution in [0.5, 0.6) is 0 Å². The van der Waals surface area contributed by atoms with Crippen LogP contribution in [0.2, 0.25) is 5.02 Å². The molecule has 0 aliphatic rings. The molecule has 2 rings (SSSR count). The summed E-state index contributed by atoms with van der Waals surface area (Å²) in [5.74, 6) is -0.812. The number of nitrogens with zero attached hydrogens (tertiary/aromatic N) is 1. The molecule has 0 saturated carbocycles. The molecule has 1 aromatic heterocycles. The predicted octanol–water partition coefficient (Wildman–Crippen LogP) is 2.80. The lowest BCUT2D eigenvalue weighted by atomic mass is 10.2. The molecule has 0 unspecified atom stereocenters. The summed E-state index contributed by atoms with van der Waals surface area (Å²) in [4.78, 5) is 15.7. The SMILES string of the molecule is O=C(NCc1cccnc1)c1ccc(F)cc1Cl. The number of pyridine rings is 1. The van der Waals surface area contributed by atoms with Crippen LogP contribution in [-0.4, -0.2) is 10.9 Å². The number of hydrogen-bond acceptors (Lipinski definition) is 2. The van der Waals surface area contributed by atoms with Crippen LogP contribution in [0.1, 0.15) is 15.9 Å². The van der Waals surface area contributed by atoms with Gasteiger partial charge < -0.3 is 5.32 Å². The van der Waals surface area contributed by atoms with Crippen molar-refractivity contribution in [2.75, 3.05) is 0 Å². The second-order valence-electron chi connectivity index (χ2n) is 3.67. The Morgan fingerprint density at radius 2 is 2.22 bits per heavy atom. The van der Waals surface area contributed by atoms with Gasteiger partial charge in [-0.1, -0.05) is 17.7 Å². The van der Waals surface area contributed by atoms with Gasteiger partial charge >= 0.3 is 0 Å². The number of amides is 1. The van der Waals surface area contributed by atoms with E-state index in [0.29, 0.717) is 6.54 Å². The Morgan fingerprint density at radius 3 is 2.89 bits per heavy atom. The molecule has 1 aromatic carbocycles. The first kappa shape index (κ1) is 12.5. The topological polar surface area (TPSA) is 42.0 Å². The van der Waals surface area contributed by atoms with Gasteiger partial charge in [0.25, 0.3) is 5.91 Å². The highest BCUT2D eigenvalue weighted by Crippen LogP contribution is 2.17. The van der Waals surface area contributed by atoms with Gasteiger partial charge in [0.15, 0.2) is 0 Å². The summed E-state index contributed by atoms with van der Waals surface area (Å²) in [6, 6.07) is 7.30. The molecule has 0 saturated heterocycles. The quantitative estimate of drug-likeness (QED) is 0.926. The fourth-order valence-electron chi connectivity index (χ4n) is 1.45. The Balaban J connectivity index is 2.04. The molecular weight excluding hydrogens is 255 g/mol. The molecular formula is C13H10ClFN2O. The van der Waals surface area contributed by atoms with E-state index in [2.05, 4.69) is 10.3 Å². The molecule has 0 spiro atoms. The minimum Gasteiger partial charge on any atom is -0.348 e. The van der Waals surface area contributed by atoms with E-state index < -0.39 is 5.82 Å². The Hall–Kier alpha value is -1.94. The van der Waals surface area contributed by atoms with Crippen molar-refractivity contribution in [1.29, 1.82) is 0 Å². The van der Waals surface area contributed by atoms with E-state index in [-0.39, 0.29) is 16.5 Å². The van der Waals surface area contributed by atoms with Crippen LogP contribution in [0.15, 0.2) is 42.7 Å². The lowest BCUT2D eigenvalue weighted by Gasteiger charge is -2.06. The van der Waals surface area contributed by atoms with Crippen molar-refractivity contribution in [2.24, 2.45) is 0 Å². The number of aromatic nitrogens is 1. The Morgan fingerprint density at radius 1 is 1.39 bits per heavy atom. The molecule has 0 aliphatic heterocycles. The molecule has 0 bridgehead atoms. The van der Waals surface area contributed by atoms with Crippen LogP contribution in [0.25, 0.3) is 0 Å². The Bertz CT molecular complexity index is 560. The van der Waals surface area contributed by atoms with Gasteiger partial charge in [-0.05, 0) is 29.8 Å². The Kier molecular flexibility index (Phi) is 3.89. The lowest BCUT2D eigenvalue weighted by Crippen LogP contribution is -2.23.